The molecule has 0 aliphatic heterocycles. The molecule has 0 amide bonds. The van der Waals surface area contributed by atoms with Crippen molar-refractivity contribution in [1.29, 1.82) is 0 Å². The monoisotopic (exact) mass is 189 g/mol. The summed E-state index contributed by atoms with van der Waals surface area (Å²) in [6.45, 7) is 3.86. The third kappa shape index (κ3) is 2.06. The first-order valence-electron chi connectivity index (χ1n) is 4.17. The summed E-state index contributed by atoms with van der Waals surface area (Å²) in [6.07, 6.45) is -2.58. The number of rotatable bonds is 3. The van der Waals surface area contributed by atoms with E-state index in [2.05, 4.69) is 0 Å². The van der Waals surface area contributed by atoms with Gasteiger partial charge in [-0.15, -0.1) is 0 Å². The molecule has 0 aliphatic carbocycles. The Morgan fingerprint density at radius 1 is 1.46 bits per heavy atom. The number of halogens is 2. The maximum absolute atomic E-state index is 12.3. The smallest absolute Gasteiger partial charge is 0.295 e. The summed E-state index contributed by atoms with van der Waals surface area (Å²) in [6, 6.07) is 1.60. The van der Waals surface area contributed by atoms with Crippen molar-refractivity contribution in [2.75, 3.05) is 0 Å². The summed E-state index contributed by atoms with van der Waals surface area (Å²) < 4.78 is 29.7. The first kappa shape index (κ1) is 10.2. The highest BCUT2D eigenvalue weighted by Crippen LogP contribution is 2.29. The lowest BCUT2D eigenvalue weighted by molar-refractivity contribution is 0.118. The van der Waals surface area contributed by atoms with Gasteiger partial charge in [0.25, 0.3) is 6.43 Å². The van der Waals surface area contributed by atoms with Gasteiger partial charge >= 0.3 is 0 Å². The molecule has 0 aliphatic rings. The Hall–Kier alpha value is -0.900. The van der Waals surface area contributed by atoms with Crippen LogP contribution in [-0.2, 0) is 6.54 Å². The molecule has 1 rings (SSSR count). The minimum atomic E-state index is -2.58. The van der Waals surface area contributed by atoms with E-state index in [0.717, 1.165) is 0 Å². The summed E-state index contributed by atoms with van der Waals surface area (Å²) in [5.74, 6) is 0.389. The van der Waals surface area contributed by atoms with Crippen LogP contribution in [0.5, 0.6) is 0 Å². The van der Waals surface area contributed by atoms with Crippen LogP contribution in [0.4, 0.5) is 8.78 Å². The van der Waals surface area contributed by atoms with Crippen LogP contribution in [0.1, 0.15) is 43.3 Å². The summed E-state index contributed by atoms with van der Waals surface area (Å²) in [5.41, 5.74) is 5.71. The summed E-state index contributed by atoms with van der Waals surface area (Å²) in [4.78, 5) is 0. The maximum atomic E-state index is 12.3. The molecule has 0 atom stereocenters. The maximum Gasteiger partial charge on any atom is 0.295 e. The van der Waals surface area contributed by atoms with Crippen molar-refractivity contribution in [2.45, 2.75) is 32.7 Å². The van der Waals surface area contributed by atoms with Crippen molar-refractivity contribution >= 4 is 0 Å². The number of hydrogen-bond acceptors (Lipinski definition) is 2. The molecule has 1 aromatic heterocycles. The third-order valence-electron chi connectivity index (χ3n) is 1.85. The van der Waals surface area contributed by atoms with E-state index in [4.69, 9.17) is 10.2 Å². The standard InChI is InChI=1S/C9H13F2NO/c1-5(2)7-3-6(4-12)8(13-7)9(10)11/h3,5,9H,4,12H2,1-2H3. The van der Waals surface area contributed by atoms with E-state index in [0.29, 0.717) is 11.3 Å². The number of furan rings is 1. The fourth-order valence-electron chi connectivity index (χ4n) is 1.09. The molecule has 1 aromatic rings. The van der Waals surface area contributed by atoms with Crippen molar-refractivity contribution in [1.82, 2.24) is 0 Å². The van der Waals surface area contributed by atoms with E-state index < -0.39 is 6.43 Å². The highest BCUT2D eigenvalue weighted by molar-refractivity contribution is 5.23. The molecule has 0 fully saturated rings. The van der Waals surface area contributed by atoms with Crippen LogP contribution < -0.4 is 5.73 Å². The van der Waals surface area contributed by atoms with Gasteiger partial charge in [-0.1, -0.05) is 13.8 Å². The molecule has 0 bridgehead atoms. The first-order chi connectivity index (χ1) is 6.06. The van der Waals surface area contributed by atoms with Crippen molar-refractivity contribution in [3.05, 3.63) is 23.2 Å². The highest BCUT2D eigenvalue weighted by Gasteiger charge is 2.19. The first-order valence-corrected chi connectivity index (χ1v) is 4.17. The number of nitrogens with two attached hydrogens (primary N) is 1. The van der Waals surface area contributed by atoms with Crippen LogP contribution >= 0.6 is 0 Å². The predicted octanol–water partition coefficient (Wildman–Crippen LogP) is 2.80. The van der Waals surface area contributed by atoms with Crippen LogP contribution in [0, 0.1) is 0 Å². The second-order valence-corrected chi connectivity index (χ2v) is 3.20. The second-order valence-electron chi connectivity index (χ2n) is 3.20. The average molecular weight is 189 g/mol. The summed E-state index contributed by atoms with van der Waals surface area (Å²) in [7, 11) is 0. The van der Waals surface area contributed by atoms with Gasteiger partial charge < -0.3 is 10.2 Å². The van der Waals surface area contributed by atoms with Gasteiger partial charge in [-0.05, 0) is 6.07 Å². The quantitative estimate of drug-likeness (QED) is 0.794. The van der Waals surface area contributed by atoms with E-state index in [1.807, 2.05) is 13.8 Å². The Labute approximate surface area is 75.7 Å². The van der Waals surface area contributed by atoms with Gasteiger partial charge in [-0.3, -0.25) is 0 Å². The van der Waals surface area contributed by atoms with Crippen LogP contribution in [0.15, 0.2) is 10.5 Å². The molecule has 0 saturated heterocycles. The van der Waals surface area contributed by atoms with Gasteiger partial charge in [0.1, 0.15) is 5.76 Å². The van der Waals surface area contributed by atoms with Gasteiger partial charge in [0, 0.05) is 18.0 Å². The van der Waals surface area contributed by atoms with Crippen LogP contribution in [0.3, 0.4) is 0 Å². The Morgan fingerprint density at radius 2 is 2.08 bits per heavy atom. The molecule has 0 aromatic carbocycles. The Kier molecular flexibility index (Phi) is 3.03. The zero-order valence-electron chi connectivity index (χ0n) is 7.68. The van der Waals surface area contributed by atoms with Gasteiger partial charge in [-0.2, -0.15) is 0 Å². The lowest BCUT2D eigenvalue weighted by Gasteiger charge is -1.98. The zero-order valence-corrected chi connectivity index (χ0v) is 7.68. The van der Waals surface area contributed by atoms with Crippen LogP contribution in [0.2, 0.25) is 0 Å². The largest absolute Gasteiger partial charge is 0.459 e. The number of alkyl halides is 2. The lowest BCUT2D eigenvalue weighted by atomic mass is 10.1. The van der Waals surface area contributed by atoms with Crippen LogP contribution in [-0.4, -0.2) is 0 Å². The topological polar surface area (TPSA) is 39.2 Å². The Bertz CT molecular complexity index is 281. The molecule has 4 heteroatoms. The fourth-order valence-corrected chi connectivity index (χ4v) is 1.09. The SMILES string of the molecule is CC(C)c1cc(CN)c(C(F)F)o1. The minimum Gasteiger partial charge on any atom is -0.459 e. The number of hydrogen-bond donors (Lipinski definition) is 1. The molecule has 2 N–H and O–H groups in total. The van der Waals surface area contributed by atoms with Crippen molar-refractivity contribution in [3.63, 3.8) is 0 Å². The van der Waals surface area contributed by atoms with Gasteiger partial charge in [-0.25, -0.2) is 8.78 Å². The summed E-state index contributed by atoms with van der Waals surface area (Å²) >= 11 is 0. The van der Waals surface area contributed by atoms with Gasteiger partial charge in [0.05, 0.1) is 0 Å². The van der Waals surface area contributed by atoms with E-state index >= 15 is 0 Å². The van der Waals surface area contributed by atoms with E-state index in [1.54, 1.807) is 6.07 Å². The Morgan fingerprint density at radius 3 is 2.38 bits per heavy atom. The Balaban J connectivity index is 3.04. The minimum absolute atomic E-state index is 0.0931. The molecule has 0 radical (unpaired) electrons. The van der Waals surface area contributed by atoms with Crippen LogP contribution in [0.25, 0.3) is 0 Å². The molecule has 0 saturated carbocycles. The molecular weight excluding hydrogens is 176 g/mol. The molecule has 13 heavy (non-hydrogen) atoms. The molecule has 0 unspecified atom stereocenters. The zero-order chi connectivity index (χ0) is 10.0. The molecular formula is C9H13F2NO. The van der Waals surface area contributed by atoms with Crippen molar-refractivity contribution in [2.24, 2.45) is 5.73 Å². The molecule has 0 spiro atoms. The van der Waals surface area contributed by atoms with Gasteiger partial charge in [0.15, 0.2) is 5.76 Å². The van der Waals surface area contributed by atoms with E-state index in [9.17, 15) is 8.78 Å². The van der Waals surface area contributed by atoms with E-state index in [-0.39, 0.29) is 18.2 Å². The average Bonchev–Trinajstić information content (AvgIpc) is 2.47. The normalized spacial score (nSPS) is 11.6. The van der Waals surface area contributed by atoms with Crippen molar-refractivity contribution in [3.8, 4) is 0 Å². The molecule has 2 nitrogen and oxygen atoms in total. The van der Waals surface area contributed by atoms with E-state index in [1.165, 1.54) is 0 Å². The second kappa shape index (κ2) is 3.87. The molecule has 74 valence electrons. The fraction of sp³-hybridized carbons (Fsp3) is 0.556. The van der Waals surface area contributed by atoms with Gasteiger partial charge in [0.2, 0.25) is 0 Å². The third-order valence-corrected chi connectivity index (χ3v) is 1.85. The van der Waals surface area contributed by atoms with Crippen molar-refractivity contribution < 1.29 is 13.2 Å². The summed E-state index contributed by atoms with van der Waals surface area (Å²) in [5, 5.41) is 0. The molecule has 1 heterocycles. The highest BCUT2D eigenvalue weighted by atomic mass is 19.3. The predicted molar refractivity (Wildman–Crippen MR) is 45.6 cm³/mol. The lowest BCUT2D eigenvalue weighted by Crippen LogP contribution is -1.98.